The summed E-state index contributed by atoms with van der Waals surface area (Å²) in [7, 11) is 1.59. The Labute approximate surface area is 168 Å². The summed E-state index contributed by atoms with van der Waals surface area (Å²) in [6.07, 6.45) is -3.12. The minimum absolute atomic E-state index is 0.0313. The van der Waals surface area contributed by atoms with Crippen molar-refractivity contribution in [3.63, 3.8) is 0 Å². The first-order chi connectivity index (χ1) is 13.8. The molecule has 0 aliphatic carbocycles. The fourth-order valence-electron chi connectivity index (χ4n) is 2.66. The van der Waals surface area contributed by atoms with Gasteiger partial charge in [0.25, 0.3) is 0 Å². The average molecular weight is 406 g/mol. The number of guanidine groups is 1. The molecule has 0 saturated heterocycles. The highest BCUT2D eigenvalue weighted by molar-refractivity contribution is 5.90. The van der Waals surface area contributed by atoms with Gasteiger partial charge in [0.15, 0.2) is 5.96 Å². The molecule has 0 spiro atoms. The van der Waals surface area contributed by atoms with E-state index < -0.39 is 11.7 Å². The van der Waals surface area contributed by atoms with Crippen molar-refractivity contribution in [2.45, 2.75) is 39.0 Å². The predicted molar refractivity (Wildman–Crippen MR) is 108 cm³/mol. The molecule has 0 aliphatic rings. The molecule has 0 aliphatic heterocycles. The lowest BCUT2D eigenvalue weighted by Crippen LogP contribution is -2.36. The van der Waals surface area contributed by atoms with Gasteiger partial charge >= 0.3 is 6.18 Å². The summed E-state index contributed by atoms with van der Waals surface area (Å²) < 4.78 is 38.4. The Morgan fingerprint density at radius 1 is 1.00 bits per heavy atom. The monoisotopic (exact) mass is 406 g/mol. The highest BCUT2D eigenvalue weighted by atomic mass is 19.4. The minimum Gasteiger partial charge on any atom is -0.352 e. The van der Waals surface area contributed by atoms with Gasteiger partial charge in [-0.25, -0.2) is 0 Å². The number of halogens is 3. The third-order valence-electron chi connectivity index (χ3n) is 4.09. The van der Waals surface area contributed by atoms with E-state index in [-0.39, 0.29) is 12.5 Å². The molecule has 0 bridgehead atoms. The Hall–Kier alpha value is -3.03. The second-order valence-electron chi connectivity index (χ2n) is 6.48. The summed E-state index contributed by atoms with van der Waals surface area (Å²) in [5, 5.41) is 8.95. The highest BCUT2D eigenvalue weighted by Gasteiger charge is 2.30. The molecule has 0 radical (unpaired) electrons. The molecule has 0 aromatic heterocycles. The molecule has 0 atom stereocenters. The molecule has 1 amide bonds. The van der Waals surface area contributed by atoms with Crippen LogP contribution in [0.2, 0.25) is 0 Å². The lowest BCUT2D eigenvalue weighted by Gasteiger charge is -2.14. The van der Waals surface area contributed by atoms with Gasteiger partial charge in [-0.2, -0.15) is 13.2 Å². The number of rotatable bonds is 7. The Balaban J connectivity index is 1.90. The molecular formula is C21H25F3N4O. The summed E-state index contributed by atoms with van der Waals surface area (Å²) >= 11 is 0. The van der Waals surface area contributed by atoms with Crippen LogP contribution in [0.15, 0.2) is 53.5 Å². The Bertz CT molecular complexity index is 850. The fourth-order valence-corrected chi connectivity index (χ4v) is 2.66. The van der Waals surface area contributed by atoms with E-state index >= 15 is 0 Å². The number of aliphatic imine (C=N–C) groups is 1. The van der Waals surface area contributed by atoms with Crippen molar-refractivity contribution >= 4 is 17.6 Å². The van der Waals surface area contributed by atoms with E-state index in [2.05, 4.69) is 20.9 Å². The van der Waals surface area contributed by atoms with Crippen LogP contribution < -0.4 is 16.0 Å². The zero-order chi connectivity index (χ0) is 21.3. The third kappa shape index (κ3) is 7.48. The molecule has 0 fully saturated rings. The van der Waals surface area contributed by atoms with Crippen molar-refractivity contribution < 1.29 is 18.0 Å². The molecule has 5 nitrogen and oxygen atoms in total. The van der Waals surface area contributed by atoms with Gasteiger partial charge in [0, 0.05) is 32.2 Å². The van der Waals surface area contributed by atoms with Gasteiger partial charge in [0.2, 0.25) is 5.91 Å². The van der Waals surface area contributed by atoms with Crippen molar-refractivity contribution in [3.05, 3.63) is 65.2 Å². The largest absolute Gasteiger partial charge is 0.416 e. The first-order valence-electron chi connectivity index (χ1n) is 9.31. The van der Waals surface area contributed by atoms with E-state index in [0.717, 1.165) is 29.8 Å². The van der Waals surface area contributed by atoms with Crippen LogP contribution in [0.3, 0.4) is 0 Å². The van der Waals surface area contributed by atoms with Crippen molar-refractivity contribution in [2.75, 3.05) is 12.4 Å². The van der Waals surface area contributed by atoms with E-state index in [1.165, 1.54) is 6.07 Å². The number of carbonyl (C=O) groups is 1. The normalized spacial score (nSPS) is 11.8. The number of amides is 1. The van der Waals surface area contributed by atoms with Gasteiger partial charge in [0.05, 0.1) is 5.56 Å². The zero-order valence-corrected chi connectivity index (χ0v) is 16.4. The van der Waals surface area contributed by atoms with Crippen LogP contribution in [0.1, 0.15) is 36.5 Å². The summed E-state index contributed by atoms with van der Waals surface area (Å²) in [5.41, 5.74) is 1.47. The molecule has 2 rings (SSSR count). The van der Waals surface area contributed by atoms with E-state index in [0.29, 0.717) is 24.5 Å². The summed E-state index contributed by atoms with van der Waals surface area (Å²) in [6, 6.07) is 12.6. The first-order valence-corrected chi connectivity index (χ1v) is 9.31. The number of benzene rings is 2. The second kappa shape index (κ2) is 10.5. The topological polar surface area (TPSA) is 65.5 Å². The lowest BCUT2D eigenvalue weighted by atomic mass is 10.1. The molecule has 2 aromatic carbocycles. The van der Waals surface area contributed by atoms with Crippen LogP contribution in [-0.2, 0) is 24.1 Å². The zero-order valence-electron chi connectivity index (χ0n) is 16.4. The lowest BCUT2D eigenvalue weighted by molar-refractivity contribution is -0.137. The van der Waals surface area contributed by atoms with Gasteiger partial charge in [-0.05, 0) is 41.8 Å². The molecule has 2 aromatic rings. The third-order valence-corrected chi connectivity index (χ3v) is 4.09. The molecule has 0 unspecified atom stereocenters. The maximum Gasteiger partial charge on any atom is 0.416 e. The Kier molecular flexibility index (Phi) is 8.06. The Morgan fingerprint density at radius 2 is 1.62 bits per heavy atom. The fraction of sp³-hybridized carbons (Fsp3) is 0.333. The number of alkyl halides is 3. The average Bonchev–Trinajstić information content (AvgIpc) is 2.68. The van der Waals surface area contributed by atoms with Gasteiger partial charge in [-0.1, -0.05) is 31.2 Å². The van der Waals surface area contributed by atoms with Crippen LogP contribution in [0.4, 0.5) is 18.9 Å². The van der Waals surface area contributed by atoms with Crippen LogP contribution in [0, 0.1) is 0 Å². The van der Waals surface area contributed by atoms with Gasteiger partial charge in [0.1, 0.15) is 0 Å². The number of anilines is 1. The Morgan fingerprint density at radius 3 is 2.21 bits per heavy atom. The summed E-state index contributed by atoms with van der Waals surface area (Å²) in [4.78, 5) is 15.8. The maximum atomic E-state index is 12.8. The van der Waals surface area contributed by atoms with Gasteiger partial charge < -0.3 is 16.0 Å². The number of hydrogen-bond donors (Lipinski definition) is 3. The SMILES string of the molecule is CCCC(=O)Nc1cccc(CNC(=NC)NCc2cccc(C(F)(F)F)c2)c1. The van der Waals surface area contributed by atoms with E-state index in [1.807, 2.05) is 31.2 Å². The standard InChI is InChI=1S/C21H25F3N4O/c1-3-6-19(29)28-18-10-5-8-16(12-18)14-27-20(25-2)26-13-15-7-4-9-17(11-15)21(22,23)24/h4-5,7-12H,3,6,13-14H2,1-2H3,(H,28,29)(H2,25,26,27). The molecule has 156 valence electrons. The summed E-state index contributed by atoms with van der Waals surface area (Å²) in [6.45, 7) is 2.59. The van der Waals surface area contributed by atoms with Crippen LogP contribution in [-0.4, -0.2) is 18.9 Å². The van der Waals surface area contributed by atoms with E-state index in [1.54, 1.807) is 13.1 Å². The molecular weight excluding hydrogens is 381 g/mol. The first kappa shape index (κ1) is 22.3. The van der Waals surface area contributed by atoms with E-state index in [4.69, 9.17) is 0 Å². The summed E-state index contributed by atoms with van der Waals surface area (Å²) in [5.74, 6) is 0.430. The van der Waals surface area contributed by atoms with Crippen LogP contribution >= 0.6 is 0 Å². The van der Waals surface area contributed by atoms with Gasteiger partial charge in [-0.3, -0.25) is 9.79 Å². The van der Waals surface area contributed by atoms with E-state index in [9.17, 15) is 18.0 Å². The number of carbonyl (C=O) groups excluding carboxylic acids is 1. The highest BCUT2D eigenvalue weighted by Crippen LogP contribution is 2.29. The maximum absolute atomic E-state index is 12.8. The van der Waals surface area contributed by atoms with Crippen LogP contribution in [0.25, 0.3) is 0 Å². The molecule has 0 heterocycles. The quantitative estimate of drug-likeness (QED) is 0.474. The minimum atomic E-state index is -4.37. The van der Waals surface area contributed by atoms with Crippen molar-refractivity contribution in [3.8, 4) is 0 Å². The molecule has 8 heteroatoms. The van der Waals surface area contributed by atoms with Gasteiger partial charge in [-0.15, -0.1) is 0 Å². The van der Waals surface area contributed by atoms with Crippen molar-refractivity contribution in [1.29, 1.82) is 0 Å². The second-order valence-corrected chi connectivity index (χ2v) is 6.48. The van der Waals surface area contributed by atoms with Crippen LogP contribution in [0.5, 0.6) is 0 Å². The van der Waals surface area contributed by atoms with Crippen molar-refractivity contribution in [2.24, 2.45) is 4.99 Å². The molecule has 3 N–H and O–H groups in total. The molecule has 29 heavy (non-hydrogen) atoms. The number of nitrogens with zero attached hydrogens (tertiary/aromatic N) is 1. The number of hydrogen-bond acceptors (Lipinski definition) is 2. The van der Waals surface area contributed by atoms with Crippen molar-refractivity contribution in [1.82, 2.24) is 10.6 Å². The number of nitrogens with one attached hydrogen (secondary N) is 3. The smallest absolute Gasteiger partial charge is 0.352 e. The molecule has 0 saturated carbocycles. The predicted octanol–water partition coefficient (Wildman–Crippen LogP) is 4.31.